The van der Waals surface area contributed by atoms with E-state index in [2.05, 4.69) is 6.92 Å². The van der Waals surface area contributed by atoms with Crippen LogP contribution in [0.4, 0.5) is 0 Å². The van der Waals surface area contributed by atoms with Crippen LogP contribution in [-0.2, 0) is 4.79 Å². The summed E-state index contributed by atoms with van der Waals surface area (Å²) in [7, 11) is 0. The molecule has 0 heterocycles. The Bertz CT molecular complexity index is 56.9. The minimum Gasteiger partial charge on any atom is -0.396 e. The largest absolute Gasteiger partial charge is 0.396 e. The van der Waals surface area contributed by atoms with Crippen molar-refractivity contribution in [3.63, 3.8) is 0 Å². The van der Waals surface area contributed by atoms with Gasteiger partial charge in [-0.3, -0.25) is 0 Å². The first kappa shape index (κ1) is 14.2. The lowest BCUT2D eigenvalue weighted by atomic mass is 10.1. The molecule has 2 nitrogen and oxygen atoms in total. The highest BCUT2D eigenvalue weighted by molar-refractivity contribution is 5.10. The molecule has 0 atom stereocenters. The first-order valence-electron chi connectivity index (χ1n) is 4.81. The third-order valence-corrected chi connectivity index (χ3v) is 1.76. The van der Waals surface area contributed by atoms with E-state index < -0.39 is 0 Å². The van der Waals surface area contributed by atoms with Gasteiger partial charge < -0.3 is 9.90 Å². The molecule has 0 saturated heterocycles. The van der Waals surface area contributed by atoms with Crippen molar-refractivity contribution in [1.29, 1.82) is 0 Å². The number of carbonyl (C=O) groups excluding carboxylic acids is 1. The maximum Gasteiger partial charge on any atom is 0.106 e. The first-order valence-corrected chi connectivity index (χ1v) is 4.81. The molecule has 0 bridgehead atoms. The first-order chi connectivity index (χ1) is 5.91. The summed E-state index contributed by atoms with van der Waals surface area (Å²) in [6, 6.07) is 0. The zero-order valence-corrected chi connectivity index (χ0v) is 8.22. The molecular formula is C10H22O2. The molecule has 0 aliphatic carbocycles. The Morgan fingerprint density at radius 2 is 1.33 bits per heavy atom. The fraction of sp³-hybridized carbons (Fsp3) is 0.900. The number of unbranched alkanes of at least 4 members (excludes halogenated alkanes) is 6. The van der Waals surface area contributed by atoms with E-state index >= 15 is 0 Å². The van der Waals surface area contributed by atoms with Gasteiger partial charge in [-0.1, -0.05) is 45.4 Å². The summed E-state index contributed by atoms with van der Waals surface area (Å²) in [6.07, 6.45) is 8.93. The second-order valence-electron chi connectivity index (χ2n) is 2.84. The van der Waals surface area contributed by atoms with Gasteiger partial charge in [0.05, 0.1) is 0 Å². The van der Waals surface area contributed by atoms with Crippen molar-refractivity contribution in [2.75, 3.05) is 6.61 Å². The van der Waals surface area contributed by atoms with E-state index in [1.165, 1.54) is 38.5 Å². The topological polar surface area (TPSA) is 37.3 Å². The van der Waals surface area contributed by atoms with E-state index in [-0.39, 0.29) is 0 Å². The summed E-state index contributed by atoms with van der Waals surface area (Å²) in [4.78, 5) is 8.00. The molecule has 0 aliphatic rings. The molecule has 0 aromatic rings. The third kappa shape index (κ3) is 16.3. The van der Waals surface area contributed by atoms with Crippen molar-refractivity contribution in [2.45, 2.75) is 51.9 Å². The van der Waals surface area contributed by atoms with Crippen LogP contribution in [0, 0.1) is 0 Å². The Morgan fingerprint density at radius 3 is 1.75 bits per heavy atom. The number of aliphatic hydroxyl groups is 1. The lowest BCUT2D eigenvalue weighted by Gasteiger charge is -1.97. The SMILES string of the molecule is C=O.CCCCCCCCCO. The van der Waals surface area contributed by atoms with Gasteiger partial charge in [-0.2, -0.15) is 0 Å². The predicted octanol–water partition coefficient (Wildman–Crippen LogP) is 2.54. The molecule has 0 aromatic carbocycles. The zero-order valence-electron chi connectivity index (χ0n) is 8.22. The smallest absolute Gasteiger partial charge is 0.106 e. The molecule has 2 heteroatoms. The van der Waals surface area contributed by atoms with Crippen LogP contribution in [0.15, 0.2) is 0 Å². The molecule has 0 radical (unpaired) electrons. The van der Waals surface area contributed by atoms with E-state index in [1.807, 2.05) is 6.79 Å². The average molecular weight is 174 g/mol. The highest BCUT2D eigenvalue weighted by atomic mass is 16.2. The maximum absolute atomic E-state index is 8.47. The van der Waals surface area contributed by atoms with Crippen molar-refractivity contribution in [3.05, 3.63) is 0 Å². The Hall–Kier alpha value is -0.370. The summed E-state index contributed by atoms with van der Waals surface area (Å²) in [5, 5.41) is 8.47. The molecule has 12 heavy (non-hydrogen) atoms. The fourth-order valence-corrected chi connectivity index (χ4v) is 1.07. The zero-order chi connectivity index (χ0) is 9.66. The lowest BCUT2D eigenvalue weighted by molar-refractivity contribution is -0.0979. The standard InChI is InChI=1S/C9H20O.CH2O/c1-2-3-4-5-6-7-8-9-10;1-2/h10H,2-9H2,1H3;1H2. The van der Waals surface area contributed by atoms with Crippen LogP contribution >= 0.6 is 0 Å². The quantitative estimate of drug-likeness (QED) is 0.602. The van der Waals surface area contributed by atoms with Gasteiger partial charge in [0, 0.05) is 6.61 Å². The highest BCUT2D eigenvalue weighted by Gasteiger charge is 1.88. The van der Waals surface area contributed by atoms with Crippen molar-refractivity contribution in [3.8, 4) is 0 Å². The highest BCUT2D eigenvalue weighted by Crippen LogP contribution is 2.05. The van der Waals surface area contributed by atoms with Gasteiger partial charge in [0.1, 0.15) is 6.79 Å². The normalized spacial score (nSPS) is 8.83. The van der Waals surface area contributed by atoms with Crippen LogP contribution in [0.25, 0.3) is 0 Å². The van der Waals surface area contributed by atoms with Crippen LogP contribution in [-0.4, -0.2) is 18.5 Å². The van der Waals surface area contributed by atoms with E-state index in [4.69, 9.17) is 9.90 Å². The molecule has 0 spiro atoms. The van der Waals surface area contributed by atoms with Crippen molar-refractivity contribution in [2.24, 2.45) is 0 Å². The summed E-state index contributed by atoms with van der Waals surface area (Å²) >= 11 is 0. The van der Waals surface area contributed by atoms with Gasteiger partial charge in [0.25, 0.3) is 0 Å². The lowest BCUT2D eigenvalue weighted by Crippen LogP contribution is -1.83. The van der Waals surface area contributed by atoms with Crippen LogP contribution in [0.3, 0.4) is 0 Å². The second-order valence-corrected chi connectivity index (χ2v) is 2.84. The molecule has 0 rings (SSSR count). The van der Waals surface area contributed by atoms with Gasteiger partial charge in [-0.25, -0.2) is 0 Å². The predicted molar refractivity (Wildman–Crippen MR) is 52.2 cm³/mol. The minimum absolute atomic E-state index is 0.369. The molecule has 0 aliphatic heterocycles. The molecular weight excluding hydrogens is 152 g/mol. The minimum atomic E-state index is 0.369. The second kappa shape index (κ2) is 16.9. The van der Waals surface area contributed by atoms with Crippen molar-refractivity contribution < 1.29 is 9.90 Å². The van der Waals surface area contributed by atoms with Crippen LogP contribution in [0.5, 0.6) is 0 Å². The van der Waals surface area contributed by atoms with Gasteiger partial charge in [-0.15, -0.1) is 0 Å². The molecule has 1 N–H and O–H groups in total. The van der Waals surface area contributed by atoms with Crippen molar-refractivity contribution >= 4 is 6.79 Å². The van der Waals surface area contributed by atoms with Gasteiger partial charge in [0.2, 0.25) is 0 Å². The monoisotopic (exact) mass is 174 g/mol. The summed E-state index contributed by atoms with van der Waals surface area (Å²) in [6.45, 7) is 4.60. The number of hydrogen-bond donors (Lipinski definition) is 1. The van der Waals surface area contributed by atoms with Gasteiger partial charge in [0.15, 0.2) is 0 Å². The Balaban J connectivity index is 0. The molecule has 0 aromatic heterocycles. The van der Waals surface area contributed by atoms with E-state index in [9.17, 15) is 0 Å². The Labute approximate surface area is 76.0 Å². The molecule has 74 valence electrons. The van der Waals surface area contributed by atoms with Crippen LogP contribution < -0.4 is 0 Å². The van der Waals surface area contributed by atoms with E-state index in [0.717, 1.165) is 6.42 Å². The summed E-state index contributed by atoms with van der Waals surface area (Å²) < 4.78 is 0. The fourth-order valence-electron chi connectivity index (χ4n) is 1.07. The molecule has 0 unspecified atom stereocenters. The number of hydrogen-bond acceptors (Lipinski definition) is 2. The summed E-state index contributed by atoms with van der Waals surface area (Å²) in [5.41, 5.74) is 0. The molecule has 0 amide bonds. The van der Waals surface area contributed by atoms with Gasteiger partial charge in [-0.05, 0) is 6.42 Å². The third-order valence-electron chi connectivity index (χ3n) is 1.76. The van der Waals surface area contributed by atoms with E-state index in [0.29, 0.717) is 6.61 Å². The summed E-state index contributed by atoms with van der Waals surface area (Å²) in [5.74, 6) is 0. The molecule has 0 fully saturated rings. The van der Waals surface area contributed by atoms with Crippen molar-refractivity contribution in [1.82, 2.24) is 0 Å². The van der Waals surface area contributed by atoms with E-state index in [1.54, 1.807) is 0 Å². The Kier molecular flexibility index (Phi) is 20.0. The molecule has 0 saturated carbocycles. The average Bonchev–Trinajstić information content (AvgIpc) is 2.15. The van der Waals surface area contributed by atoms with Gasteiger partial charge >= 0.3 is 0 Å². The Morgan fingerprint density at radius 1 is 0.917 bits per heavy atom. The van der Waals surface area contributed by atoms with Crippen LogP contribution in [0.1, 0.15) is 51.9 Å². The number of carbonyl (C=O) groups is 1. The maximum atomic E-state index is 8.47. The number of rotatable bonds is 7. The number of aliphatic hydroxyl groups excluding tert-OH is 1. The van der Waals surface area contributed by atoms with Crippen LogP contribution in [0.2, 0.25) is 0 Å².